The number of piperidine rings is 1. The van der Waals surface area contributed by atoms with Crippen LogP contribution in [0.15, 0.2) is 46.0 Å². The number of aryl methyl sites for hydroxylation is 1. The van der Waals surface area contributed by atoms with Crippen molar-refractivity contribution in [1.29, 1.82) is 0 Å². The summed E-state index contributed by atoms with van der Waals surface area (Å²) in [5, 5.41) is 0.414. The Labute approximate surface area is 179 Å². The van der Waals surface area contributed by atoms with E-state index < -0.39 is 5.69 Å². The molecule has 2 aromatic heterocycles. The van der Waals surface area contributed by atoms with Crippen LogP contribution in [-0.4, -0.2) is 45.1 Å². The molecule has 0 aliphatic carbocycles. The highest BCUT2D eigenvalue weighted by molar-refractivity contribution is 5.79. The third-order valence-electron chi connectivity index (χ3n) is 6.03. The summed E-state index contributed by atoms with van der Waals surface area (Å²) in [6.45, 7) is 1.30. The highest BCUT2D eigenvalue weighted by Crippen LogP contribution is 2.27. The zero-order valence-corrected chi connectivity index (χ0v) is 18.0. The second-order valence-electron chi connectivity index (χ2n) is 8.02. The Morgan fingerprint density at radius 1 is 1.10 bits per heavy atom. The maximum Gasteiger partial charge on any atom is 0.332 e. The van der Waals surface area contributed by atoms with Crippen molar-refractivity contribution in [2.24, 2.45) is 14.1 Å². The van der Waals surface area contributed by atoms with Crippen LogP contribution in [-0.2, 0) is 25.3 Å². The van der Waals surface area contributed by atoms with Gasteiger partial charge in [-0.15, -0.1) is 0 Å². The number of methoxy groups -OCH3 is 1. The predicted molar refractivity (Wildman–Crippen MR) is 117 cm³/mol. The third kappa shape index (κ3) is 3.97. The molecule has 0 saturated carbocycles. The number of amides is 1. The van der Waals surface area contributed by atoms with Crippen molar-refractivity contribution in [2.45, 2.75) is 25.2 Å². The highest BCUT2D eigenvalue weighted by atomic mass is 16.5. The van der Waals surface area contributed by atoms with Crippen LogP contribution in [0.4, 0.5) is 0 Å². The third-order valence-corrected chi connectivity index (χ3v) is 6.03. The van der Waals surface area contributed by atoms with E-state index in [0.29, 0.717) is 24.0 Å². The number of aromatic nitrogens is 3. The van der Waals surface area contributed by atoms with E-state index in [9.17, 15) is 14.4 Å². The molecule has 1 fully saturated rings. The SMILES string of the molecule is COc1ccc(CC(=O)N2CCC[C@H](c3ccc4c(=O)n(C)c(=O)n(C)c4n3)C2)cc1. The van der Waals surface area contributed by atoms with Crippen molar-refractivity contribution in [3.63, 3.8) is 0 Å². The molecule has 4 rings (SSSR count). The quantitative estimate of drug-likeness (QED) is 0.637. The molecule has 0 spiro atoms. The first kappa shape index (κ1) is 20.8. The largest absolute Gasteiger partial charge is 0.497 e. The van der Waals surface area contributed by atoms with Gasteiger partial charge in [-0.25, -0.2) is 9.78 Å². The average molecular weight is 422 g/mol. The second kappa shape index (κ2) is 8.37. The van der Waals surface area contributed by atoms with Gasteiger partial charge in [0.1, 0.15) is 11.4 Å². The molecule has 1 saturated heterocycles. The van der Waals surface area contributed by atoms with Gasteiger partial charge in [0, 0.05) is 38.8 Å². The molecular formula is C23H26N4O4. The molecule has 1 aromatic carbocycles. The summed E-state index contributed by atoms with van der Waals surface area (Å²) in [6.07, 6.45) is 2.13. The fourth-order valence-electron chi connectivity index (χ4n) is 4.17. The molecule has 3 aromatic rings. The van der Waals surface area contributed by atoms with Crippen LogP contribution in [0.25, 0.3) is 11.0 Å². The first-order valence-corrected chi connectivity index (χ1v) is 10.4. The average Bonchev–Trinajstić information content (AvgIpc) is 2.81. The highest BCUT2D eigenvalue weighted by Gasteiger charge is 2.26. The van der Waals surface area contributed by atoms with E-state index >= 15 is 0 Å². The van der Waals surface area contributed by atoms with Crippen LogP contribution in [0.2, 0.25) is 0 Å². The predicted octanol–water partition coefficient (Wildman–Crippen LogP) is 1.59. The Morgan fingerprint density at radius 2 is 1.84 bits per heavy atom. The van der Waals surface area contributed by atoms with Gasteiger partial charge in [-0.3, -0.25) is 18.7 Å². The van der Waals surface area contributed by atoms with Crippen LogP contribution >= 0.6 is 0 Å². The number of hydrogen-bond donors (Lipinski definition) is 0. The monoisotopic (exact) mass is 422 g/mol. The van der Waals surface area contributed by atoms with E-state index in [1.165, 1.54) is 11.6 Å². The zero-order chi connectivity index (χ0) is 22.1. The van der Waals surface area contributed by atoms with Gasteiger partial charge in [-0.2, -0.15) is 0 Å². The zero-order valence-electron chi connectivity index (χ0n) is 18.0. The van der Waals surface area contributed by atoms with Gasteiger partial charge in [0.2, 0.25) is 5.91 Å². The van der Waals surface area contributed by atoms with Gasteiger partial charge in [-0.1, -0.05) is 12.1 Å². The van der Waals surface area contributed by atoms with Crippen LogP contribution < -0.4 is 16.0 Å². The van der Waals surface area contributed by atoms with Crippen LogP contribution in [0.1, 0.15) is 30.0 Å². The molecule has 0 N–H and O–H groups in total. The van der Waals surface area contributed by atoms with Crippen LogP contribution in [0.3, 0.4) is 0 Å². The molecule has 0 radical (unpaired) electrons. The Kier molecular flexibility index (Phi) is 5.63. The first-order chi connectivity index (χ1) is 14.9. The van der Waals surface area contributed by atoms with Gasteiger partial charge < -0.3 is 9.64 Å². The van der Waals surface area contributed by atoms with Gasteiger partial charge in [0.25, 0.3) is 5.56 Å². The lowest BCUT2D eigenvalue weighted by Gasteiger charge is -2.32. The van der Waals surface area contributed by atoms with Crippen molar-refractivity contribution in [3.05, 3.63) is 68.5 Å². The normalized spacial score (nSPS) is 16.5. The summed E-state index contributed by atoms with van der Waals surface area (Å²) < 4.78 is 7.65. The molecule has 0 bridgehead atoms. The minimum absolute atomic E-state index is 0.0668. The van der Waals surface area contributed by atoms with Crippen molar-refractivity contribution >= 4 is 16.9 Å². The topological polar surface area (TPSA) is 86.4 Å². The first-order valence-electron chi connectivity index (χ1n) is 10.4. The molecule has 0 unspecified atom stereocenters. The van der Waals surface area contributed by atoms with E-state index in [1.54, 1.807) is 20.2 Å². The van der Waals surface area contributed by atoms with Crippen molar-refractivity contribution in [1.82, 2.24) is 19.0 Å². The summed E-state index contributed by atoms with van der Waals surface area (Å²) in [4.78, 5) is 44.1. The number of likely N-dealkylation sites (tertiary alicyclic amines) is 1. The number of rotatable bonds is 4. The summed E-state index contributed by atoms with van der Waals surface area (Å²) in [5.41, 5.74) is 1.38. The fourth-order valence-corrected chi connectivity index (χ4v) is 4.17. The molecule has 1 amide bonds. The molecule has 1 aliphatic heterocycles. The Morgan fingerprint density at radius 3 is 2.55 bits per heavy atom. The van der Waals surface area contributed by atoms with E-state index in [2.05, 4.69) is 4.98 Å². The standard InChI is InChI=1S/C23H26N4O4/c1-25-21-18(22(29)26(2)23(25)30)10-11-19(24-21)16-5-4-12-27(14-16)20(28)13-15-6-8-17(31-3)9-7-15/h6-11,16H,4-5,12-14H2,1-3H3/t16-/m0/s1. The molecule has 8 nitrogen and oxygen atoms in total. The molecule has 3 heterocycles. The number of fused-ring (bicyclic) bond motifs is 1. The maximum atomic E-state index is 12.9. The second-order valence-corrected chi connectivity index (χ2v) is 8.02. The fraction of sp³-hybridized carbons (Fsp3) is 0.391. The molecule has 162 valence electrons. The number of nitrogens with zero attached hydrogens (tertiary/aromatic N) is 4. The van der Waals surface area contributed by atoms with E-state index in [-0.39, 0.29) is 17.4 Å². The minimum atomic E-state index is -0.401. The number of pyridine rings is 1. The summed E-state index contributed by atoms with van der Waals surface area (Å²) >= 11 is 0. The van der Waals surface area contributed by atoms with Crippen molar-refractivity contribution in [3.8, 4) is 5.75 Å². The van der Waals surface area contributed by atoms with Crippen molar-refractivity contribution < 1.29 is 9.53 Å². The van der Waals surface area contributed by atoms with Gasteiger partial charge in [0.05, 0.1) is 18.9 Å². The summed E-state index contributed by atoms with van der Waals surface area (Å²) in [7, 11) is 4.70. The number of ether oxygens (including phenoxy) is 1. The van der Waals surface area contributed by atoms with Gasteiger partial charge in [-0.05, 0) is 42.7 Å². The summed E-state index contributed by atoms with van der Waals surface area (Å²) in [6, 6.07) is 11.1. The van der Waals surface area contributed by atoms with Gasteiger partial charge in [0.15, 0.2) is 0 Å². The van der Waals surface area contributed by atoms with Gasteiger partial charge >= 0.3 is 5.69 Å². The van der Waals surface area contributed by atoms with Crippen LogP contribution in [0, 0.1) is 0 Å². The molecular weight excluding hydrogens is 396 g/mol. The Bertz CT molecular complexity index is 1240. The molecule has 1 atom stereocenters. The number of carbonyl (C=O) groups excluding carboxylic acids is 1. The number of benzene rings is 1. The lowest BCUT2D eigenvalue weighted by Crippen LogP contribution is -2.40. The van der Waals surface area contributed by atoms with E-state index in [0.717, 1.165) is 41.0 Å². The molecule has 31 heavy (non-hydrogen) atoms. The van der Waals surface area contributed by atoms with Crippen molar-refractivity contribution in [2.75, 3.05) is 20.2 Å². The number of hydrogen-bond acceptors (Lipinski definition) is 5. The smallest absolute Gasteiger partial charge is 0.332 e. The Balaban J connectivity index is 1.55. The lowest BCUT2D eigenvalue weighted by molar-refractivity contribution is -0.131. The lowest BCUT2D eigenvalue weighted by atomic mass is 9.93. The Hall–Kier alpha value is -3.42. The van der Waals surface area contributed by atoms with E-state index in [4.69, 9.17) is 4.74 Å². The van der Waals surface area contributed by atoms with E-state index in [1.807, 2.05) is 35.2 Å². The number of carbonyl (C=O) groups is 1. The molecule has 8 heteroatoms. The minimum Gasteiger partial charge on any atom is -0.497 e. The summed E-state index contributed by atoms with van der Waals surface area (Å²) in [5.74, 6) is 0.912. The van der Waals surface area contributed by atoms with Crippen LogP contribution in [0.5, 0.6) is 5.75 Å². The maximum absolute atomic E-state index is 12.9. The molecule has 1 aliphatic rings.